The van der Waals surface area contributed by atoms with Crippen LogP contribution >= 0.6 is 7.94 Å². The van der Waals surface area contributed by atoms with Crippen LogP contribution in [0.5, 0.6) is 0 Å². The number of rotatable bonds is 4. The minimum absolute atomic E-state index is 0.433. The molecule has 0 aromatic heterocycles. The second kappa shape index (κ2) is 5.10. The first-order chi connectivity index (χ1) is 7.41. The minimum atomic E-state index is -2.36. The molecule has 0 amide bonds. The van der Waals surface area contributed by atoms with Gasteiger partial charge in [-0.05, 0) is 0 Å². The Morgan fingerprint density at radius 2 is 1.44 bits per heavy atom. The summed E-state index contributed by atoms with van der Waals surface area (Å²) in [7, 11) is 9.70. The van der Waals surface area contributed by atoms with E-state index in [1.54, 1.807) is 12.4 Å². The molecule has 0 N–H and O–H groups in total. The van der Waals surface area contributed by atoms with Gasteiger partial charge in [0.1, 0.15) is 0 Å². The fraction of sp³-hybridized carbons (Fsp3) is 0.667. The molecule has 0 aromatic carbocycles. The third kappa shape index (κ3) is 2.35. The van der Waals surface area contributed by atoms with E-state index in [1.165, 1.54) is 0 Å². The van der Waals surface area contributed by atoms with Gasteiger partial charge in [-0.3, -0.25) is 0 Å². The normalized spacial score (nSPS) is 16.9. The van der Waals surface area contributed by atoms with Gasteiger partial charge in [0.2, 0.25) is 0 Å². The Kier molecular flexibility index (Phi) is 4.27. The summed E-state index contributed by atoms with van der Waals surface area (Å²) in [6, 6.07) is 0.433. The second-order valence-electron chi connectivity index (χ2n) is 4.20. The van der Waals surface area contributed by atoms with Gasteiger partial charge in [-0.2, -0.15) is 0 Å². The Labute approximate surface area is 98.1 Å². The molecule has 16 heavy (non-hydrogen) atoms. The van der Waals surface area contributed by atoms with Crippen molar-refractivity contribution in [1.29, 1.82) is 0 Å². The maximum absolute atomic E-state index is 6.02. The van der Waals surface area contributed by atoms with Crippen LogP contribution in [-0.2, 0) is 4.52 Å². The summed E-state index contributed by atoms with van der Waals surface area (Å²) in [6.07, 6.45) is 3.27. The zero-order valence-electron chi connectivity index (χ0n) is 10.8. The topological polar surface area (TPSA) is 45.4 Å². The molecule has 7 heteroatoms. The molecule has 0 atom stereocenters. The molecule has 6 nitrogen and oxygen atoms in total. The van der Waals surface area contributed by atoms with Gasteiger partial charge in [0.05, 0.1) is 0 Å². The van der Waals surface area contributed by atoms with Crippen LogP contribution < -0.4 is 5.32 Å². The molecule has 0 bridgehead atoms. The average molecular weight is 246 g/mol. The van der Waals surface area contributed by atoms with E-state index in [0.29, 0.717) is 6.02 Å². The molecule has 1 heterocycles. The van der Waals surface area contributed by atoms with Gasteiger partial charge in [-0.25, -0.2) is 0 Å². The first-order valence-electron chi connectivity index (χ1n) is 5.06. The summed E-state index contributed by atoms with van der Waals surface area (Å²) in [6.45, 7) is 0. The molecule has 93 valence electrons. The van der Waals surface area contributed by atoms with Crippen molar-refractivity contribution in [2.75, 3.05) is 42.3 Å². The maximum atomic E-state index is 6.02. The van der Waals surface area contributed by atoms with E-state index in [2.05, 4.69) is 24.3 Å². The molecular weight excluding hydrogens is 225 g/mol. The summed E-state index contributed by atoms with van der Waals surface area (Å²) in [5, 5.41) is 4.07. The van der Waals surface area contributed by atoms with Crippen LogP contribution in [-0.4, -0.2) is 62.3 Å². The van der Waals surface area contributed by atoms with Crippen molar-refractivity contribution in [2.45, 2.75) is 0 Å². The second-order valence-corrected chi connectivity index (χ2v) is 8.23. The van der Waals surface area contributed by atoms with E-state index in [-0.39, 0.29) is 0 Å². The van der Waals surface area contributed by atoms with E-state index < -0.39 is 7.94 Å². The van der Waals surface area contributed by atoms with Crippen molar-refractivity contribution in [3.8, 4) is 0 Å². The monoisotopic (exact) mass is 246 g/mol. The third-order valence-electron chi connectivity index (χ3n) is 2.41. The average Bonchev–Trinajstić information content (AvgIpc) is 2.64. The van der Waals surface area contributed by atoms with Gasteiger partial charge < -0.3 is 0 Å². The molecule has 0 spiro atoms. The predicted octanol–water partition coefficient (Wildman–Crippen LogP) is 0.543. The fourth-order valence-corrected chi connectivity index (χ4v) is 5.17. The zero-order chi connectivity index (χ0) is 12.3. The van der Waals surface area contributed by atoms with Crippen molar-refractivity contribution < 1.29 is 4.52 Å². The molecule has 1 rings (SSSR count). The first-order valence-corrected chi connectivity index (χ1v) is 6.81. The van der Waals surface area contributed by atoms with E-state index in [1.807, 2.05) is 42.3 Å². The molecule has 1 radical (unpaired) electrons. The zero-order valence-corrected chi connectivity index (χ0v) is 11.8. The van der Waals surface area contributed by atoms with Gasteiger partial charge in [0.25, 0.3) is 0 Å². The van der Waals surface area contributed by atoms with Gasteiger partial charge in [0.15, 0.2) is 0 Å². The number of hydrogen-bond donors (Lipinski definition) is 0. The number of hydrogen-bond acceptors (Lipinski definition) is 5. The molecule has 0 saturated heterocycles. The van der Waals surface area contributed by atoms with Crippen molar-refractivity contribution in [3.63, 3.8) is 0 Å². The summed E-state index contributed by atoms with van der Waals surface area (Å²) in [5.41, 5.74) is 0. The van der Waals surface area contributed by atoms with Crippen LogP contribution in [0.3, 0.4) is 0 Å². The Morgan fingerprint density at radius 1 is 0.938 bits per heavy atom. The van der Waals surface area contributed by atoms with E-state index >= 15 is 0 Å². The van der Waals surface area contributed by atoms with Crippen molar-refractivity contribution in [3.05, 3.63) is 12.4 Å². The summed E-state index contributed by atoms with van der Waals surface area (Å²) < 4.78 is 12.3. The van der Waals surface area contributed by atoms with Crippen LogP contribution in [0.4, 0.5) is 0 Å². The van der Waals surface area contributed by atoms with E-state index in [9.17, 15) is 0 Å². The Morgan fingerprint density at radius 3 is 1.75 bits per heavy atom. The summed E-state index contributed by atoms with van der Waals surface area (Å²) in [5.74, 6) is 0. The summed E-state index contributed by atoms with van der Waals surface area (Å²) in [4.78, 5) is 4.07. The SMILES string of the molecule is CN(C)[PH](OC1=NC=C[N]1)(N(C)C)N(C)C. The molecule has 1 aliphatic rings. The molecule has 1 aliphatic heterocycles. The van der Waals surface area contributed by atoms with Crippen LogP contribution in [0.1, 0.15) is 0 Å². The standard InChI is InChI=1S/C9H21N5OP/c1-12(2)16(13(3)4,14(5)6)15-9-10-7-8-11-9/h7-8,16H,1-6H3. The predicted molar refractivity (Wildman–Crippen MR) is 69.2 cm³/mol. The first kappa shape index (κ1) is 13.4. The van der Waals surface area contributed by atoms with Gasteiger partial charge in [0, 0.05) is 0 Å². The summed E-state index contributed by atoms with van der Waals surface area (Å²) >= 11 is 0. The van der Waals surface area contributed by atoms with Crippen molar-refractivity contribution >= 4 is 14.0 Å². The third-order valence-corrected chi connectivity index (χ3v) is 6.36. The van der Waals surface area contributed by atoms with Crippen LogP contribution in [0.15, 0.2) is 17.4 Å². The molecular formula is C9H21N5OP. The van der Waals surface area contributed by atoms with Crippen LogP contribution in [0.2, 0.25) is 0 Å². The molecule has 0 aromatic rings. The van der Waals surface area contributed by atoms with Crippen molar-refractivity contribution in [1.82, 2.24) is 19.3 Å². The molecule has 0 aliphatic carbocycles. The van der Waals surface area contributed by atoms with Crippen molar-refractivity contribution in [2.24, 2.45) is 4.99 Å². The quantitative estimate of drug-likeness (QED) is 0.679. The van der Waals surface area contributed by atoms with Crippen LogP contribution in [0, 0.1) is 0 Å². The molecule has 0 saturated carbocycles. The Balaban J connectivity index is 2.93. The van der Waals surface area contributed by atoms with Gasteiger partial charge >= 0.3 is 97.5 Å². The number of aliphatic imine (C=N–C) groups is 1. The van der Waals surface area contributed by atoms with E-state index in [4.69, 9.17) is 4.52 Å². The molecule has 0 unspecified atom stereocenters. The van der Waals surface area contributed by atoms with Gasteiger partial charge in [-0.1, -0.05) is 0 Å². The Hall–Kier alpha value is -0.680. The number of nitrogens with zero attached hydrogens (tertiary/aromatic N) is 5. The number of amidine groups is 1. The Bertz CT molecular complexity index is 279. The fourth-order valence-electron chi connectivity index (χ4n) is 1.88. The van der Waals surface area contributed by atoms with E-state index in [0.717, 1.165) is 0 Å². The molecule has 0 fully saturated rings. The van der Waals surface area contributed by atoms with Gasteiger partial charge in [-0.15, -0.1) is 0 Å². The van der Waals surface area contributed by atoms with Crippen LogP contribution in [0.25, 0.3) is 0 Å².